The first-order valence-electron chi connectivity index (χ1n) is 11.2. The van der Waals surface area contributed by atoms with Crippen molar-refractivity contribution in [2.75, 3.05) is 30.5 Å². The van der Waals surface area contributed by atoms with Gasteiger partial charge in [-0.25, -0.2) is 0 Å². The third-order valence-electron chi connectivity index (χ3n) is 5.90. The van der Waals surface area contributed by atoms with Gasteiger partial charge in [0, 0.05) is 31.0 Å². The van der Waals surface area contributed by atoms with Gasteiger partial charge in [0.15, 0.2) is 0 Å². The number of aryl methyl sites for hydroxylation is 1. The number of aliphatic hydroxyl groups is 1. The molecule has 3 aromatic carbocycles. The van der Waals surface area contributed by atoms with Gasteiger partial charge in [-0.2, -0.15) is 0 Å². The molecule has 1 fully saturated rings. The fourth-order valence-corrected chi connectivity index (χ4v) is 4.13. The fourth-order valence-electron chi connectivity index (χ4n) is 4.13. The molecule has 1 amide bonds. The minimum absolute atomic E-state index is 0.0548. The van der Waals surface area contributed by atoms with Gasteiger partial charge in [-0.05, 0) is 55.8 Å². The second-order valence-electron chi connectivity index (χ2n) is 8.45. The van der Waals surface area contributed by atoms with Gasteiger partial charge in [0.1, 0.15) is 11.5 Å². The van der Waals surface area contributed by atoms with E-state index in [2.05, 4.69) is 0 Å². The van der Waals surface area contributed by atoms with Crippen LogP contribution >= 0.6 is 0 Å². The number of Topliss-reactive ketones (excluding diaryl/α,β-unsaturated/α-hetero) is 1. The average Bonchev–Trinajstić information content (AvgIpc) is 3.10. The quantitative estimate of drug-likeness (QED) is 0.318. The van der Waals surface area contributed by atoms with Crippen LogP contribution in [0.2, 0.25) is 0 Å². The molecule has 6 heteroatoms. The van der Waals surface area contributed by atoms with Crippen LogP contribution in [0.25, 0.3) is 5.76 Å². The molecule has 1 atom stereocenters. The van der Waals surface area contributed by atoms with Crippen LogP contribution in [0.3, 0.4) is 0 Å². The standard InChI is InChI=1S/C28H28N2O4/c1-5-34-23-8-6-7-20(17-23)25-24(26(31)19-11-9-18(2)10-12-19)27(32)28(33)30(25)22-15-13-21(14-16-22)29(3)4/h6-17,25,31H,5H2,1-4H3/b26-24-. The Hall–Kier alpha value is -4.06. The number of amides is 1. The summed E-state index contributed by atoms with van der Waals surface area (Å²) in [5.74, 6) is -0.971. The summed E-state index contributed by atoms with van der Waals surface area (Å²) in [5.41, 5.74) is 3.78. The molecule has 1 heterocycles. The summed E-state index contributed by atoms with van der Waals surface area (Å²) in [6.45, 7) is 4.32. The van der Waals surface area contributed by atoms with Gasteiger partial charge < -0.3 is 14.7 Å². The van der Waals surface area contributed by atoms with E-state index in [1.54, 1.807) is 12.1 Å². The van der Waals surface area contributed by atoms with Gasteiger partial charge in [-0.1, -0.05) is 42.0 Å². The smallest absolute Gasteiger partial charge is 0.300 e. The molecule has 6 nitrogen and oxygen atoms in total. The van der Waals surface area contributed by atoms with Crippen LogP contribution in [-0.4, -0.2) is 37.5 Å². The molecule has 4 rings (SSSR count). The molecular formula is C28H28N2O4. The number of ether oxygens (including phenoxy) is 1. The average molecular weight is 457 g/mol. The number of carbonyl (C=O) groups excluding carboxylic acids is 2. The lowest BCUT2D eigenvalue weighted by atomic mass is 9.94. The highest BCUT2D eigenvalue weighted by Crippen LogP contribution is 2.43. The van der Waals surface area contributed by atoms with Crippen LogP contribution in [0.5, 0.6) is 5.75 Å². The van der Waals surface area contributed by atoms with Gasteiger partial charge in [0.2, 0.25) is 0 Å². The topological polar surface area (TPSA) is 70.1 Å². The zero-order valence-corrected chi connectivity index (χ0v) is 19.8. The molecule has 0 spiro atoms. The first-order valence-corrected chi connectivity index (χ1v) is 11.2. The van der Waals surface area contributed by atoms with E-state index in [9.17, 15) is 14.7 Å². The third-order valence-corrected chi connectivity index (χ3v) is 5.90. The molecule has 1 aliphatic rings. The first kappa shape index (κ1) is 23.1. The molecule has 1 aliphatic heterocycles. The number of benzene rings is 3. The summed E-state index contributed by atoms with van der Waals surface area (Å²) in [4.78, 5) is 30.0. The Morgan fingerprint density at radius 2 is 1.68 bits per heavy atom. The van der Waals surface area contributed by atoms with Gasteiger partial charge in [0.25, 0.3) is 11.7 Å². The number of aliphatic hydroxyl groups excluding tert-OH is 1. The maximum Gasteiger partial charge on any atom is 0.300 e. The van der Waals surface area contributed by atoms with Gasteiger partial charge >= 0.3 is 0 Å². The molecule has 34 heavy (non-hydrogen) atoms. The molecule has 1 unspecified atom stereocenters. The van der Waals surface area contributed by atoms with E-state index in [1.165, 1.54) is 4.90 Å². The van der Waals surface area contributed by atoms with Crippen molar-refractivity contribution < 1.29 is 19.4 Å². The summed E-state index contributed by atoms with van der Waals surface area (Å²) < 4.78 is 5.66. The summed E-state index contributed by atoms with van der Waals surface area (Å²) in [6.07, 6.45) is 0. The van der Waals surface area contributed by atoms with Crippen molar-refractivity contribution in [3.8, 4) is 5.75 Å². The van der Waals surface area contributed by atoms with Crippen LogP contribution < -0.4 is 14.5 Å². The maximum atomic E-state index is 13.3. The Morgan fingerprint density at radius 3 is 2.29 bits per heavy atom. The van der Waals surface area contributed by atoms with E-state index < -0.39 is 17.7 Å². The minimum Gasteiger partial charge on any atom is -0.507 e. The van der Waals surface area contributed by atoms with E-state index in [4.69, 9.17) is 4.74 Å². The Bertz CT molecular complexity index is 1240. The van der Waals surface area contributed by atoms with Crippen molar-refractivity contribution >= 4 is 28.8 Å². The molecule has 0 aromatic heterocycles. The lowest BCUT2D eigenvalue weighted by Crippen LogP contribution is -2.29. The van der Waals surface area contributed by atoms with Gasteiger partial charge in [-0.3, -0.25) is 14.5 Å². The Labute approximate surface area is 199 Å². The number of carbonyl (C=O) groups is 2. The van der Waals surface area contributed by atoms with E-state index >= 15 is 0 Å². The molecule has 0 aliphatic carbocycles. The molecular weight excluding hydrogens is 428 g/mol. The number of ketones is 1. The summed E-state index contributed by atoms with van der Waals surface area (Å²) in [7, 11) is 3.87. The highest BCUT2D eigenvalue weighted by molar-refractivity contribution is 6.51. The third kappa shape index (κ3) is 4.27. The number of hydrogen-bond acceptors (Lipinski definition) is 5. The van der Waals surface area contributed by atoms with Gasteiger partial charge in [-0.15, -0.1) is 0 Å². The van der Waals surface area contributed by atoms with Crippen molar-refractivity contribution in [2.24, 2.45) is 0 Å². The predicted molar refractivity (Wildman–Crippen MR) is 134 cm³/mol. The van der Waals surface area contributed by atoms with Crippen LogP contribution in [0.1, 0.15) is 29.7 Å². The van der Waals surface area contributed by atoms with Crippen molar-refractivity contribution in [3.63, 3.8) is 0 Å². The normalized spacial score (nSPS) is 17.2. The highest BCUT2D eigenvalue weighted by Gasteiger charge is 2.47. The van der Waals surface area contributed by atoms with Crippen LogP contribution in [0, 0.1) is 6.92 Å². The van der Waals surface area contributed by atoms with Crippen molar-refractivity contribution in [1.29, 1.82) is 0 Å². The molecule has 0 saturated carbocycles. The Balaban J connectivity index is 1.91. The Morgan fingerprint density at radius 1 is 1.00 bits per heavy atom. The second-order valence-corrected chi connectivity index (χ2v) is 8.45. The summed E-state index contributed by atoms with van der Waals surface area (Å²) >= 11 is 0. The zero-order chi connectivity index (χ0) is 24.4. The fraction of sp³-hybridized carbons (Fsp3) is 0.214. The molecule has 0 bridgehead atoms. The largest absolute Gasteiger partial charge is 0.507 e. The first-order chi connectivity index (χ1) is 16.3. The van der Waals surface area contributed by atoms with Crippen LogP contribution in [-0.2, 0) is 9.59 Å². The predicted octanol–water partition coefficient (Wildman–Crippen LogP) is 5.09. The van der Waals surface area contributed by atoms with Crippen molar-refractivity contribution in [1.82, 2.24) is 0 Å². The zero-order valence-electron chi connectivity index (χ0n) is 19.8. The second kappa shape index (κ2) is 9.43. The maximum absolute atomic E-state index is 13.3. The van der Waals surface area contributed by atoms with E-state index in [0.717, 1.165) is 11.3 Å². The number of rotatable bonds is 6. The minimum atomic E-state index is -0.799. The summed E-state index contributed by atoms with van der Waals surface area (Å²) in [6, 6.07) is 21.1. The molecule has 0 radical (unpaired) electrons. The highest BCUT2D eigenvalue weighted by atomic mass is 16.5. The van der Waals surface area contributed by atoms with Crippen molar-refractivity contribution in [2.45, 2.75) is 19.9 Å². The van der Waals surface area contributed by atoms with Crippen molar-refractivity contribution in [3.05, 3.63) is 95.1 Å². The summed E-state index contributed by atoms with van der Waals surface area (Å²) in [5, 5.41) is 11.2. The molecule has 3 aromatic rings. The molecule has 1 saturated heterocycles. The number of nitrogens with zero attached hydrogens (tertiary/aromatic N) is 2. The molecule has 1 N–H and O–H groups in total. The SMILES string of the molecule is CCOc1cccc(C2/C(=C(/O)c3ccc(C)cc3)C(=O)C(=O)N2c2ccc(N(C)C)cc2)c1. The number of anilines is 2. The molecule has 174 valence electrons. The van der Waals surface area contributed by atoms with E-state index in [-0.39, 0.29) is 11.3 Å². The van der Waals surface area contributed by atoms with E-state index in [1.807, 2.05) is 93.5 Å². The lowest BCUT2D eigenvalue weighted by molar-refractivity contribution is -0.132. The Kier molecular flexibility index (Phi) is 6.41. The number of hydrogen-bond donors (Lipinski definition) is 1. The van der Waals surface area contributed by atoms with E-state index in [0.29, 0.717) is 29.2 Å². The van der Waals surface area contributed by atoms with Crippen LogP contribution in [0.4, 0.5) is 11.4 Å². The lowest BCUT2D eigenvalue weighted by Gasteiger charge is -2.26. The van der Waals surface area contributed by atoms with Crippen LogP contribution in [0.15, 0.2) is 78.4 Å². The van der Waals surface area contributed by atoms with Gasteiger partial charge in [0.05, 0.1) is 18.2 Å². The monoisotopic (exact) mass is 456 g/mol.